The third-order valence-corrected chi connectivity index (χ3v) is 3.38. The summed E-state index contributed by atoms with van der Waals surface area (Å²) in [7, 11) is 0. The molecule has 0 aliphatic carbocycles. The van der Waals surface area contributed by atoms with E-state index in [1.807, 2.05) is 61.5 Å². The van der Waals surface area contributed by atoms with Gasteiger partial charge in [0.2, 0.25) is 0 Å². The van der Waals surface area contributed by atoms with E-state index in [4.69, 9.17) is 4.74 Å². The summed E-state index contributed by atoms with van der Waals surface area (Å²) in [4.78, 5) is 15.5. The summed E-state index contributed by atoms with van der Waals surface area (Å²) in [6.45, 7) is 2.53. The van der Waals surface area contributed by atoms with Crippen molar-refractivity contribution in [1.29, 1.82) is 0 Å². The van der Waals surface area contributed by atoms with Gasteiger partial charge in [-0.25, -0.2) is 9.78 Å². The average Bonchev–Trinajstić information content (AvgIpc) is 3.02. The van der Waals surface area contributed by atoms with Crippen LogP contribution in [0.4, 0.5) is 0 Å². The van der Waals surface area contributed by atoms with Crippen molar-refractivity contribution in [2.24, 2.45) is 0 Å². The number of ether oxygens (including phenoxy) is 1. The number of benzene rings is 2. The first kappa shape index (κ1) is 14.8. The predicted molar refractivity (Wildman–Crippen MR) is 87.1 cm³/mol. The largest absolute Gasteiger partial charge is 0.494 e. The van der Waals surface area contributed by atoms with E-state index in [2.05, 4.69) is 4.98 Å². The quantitative estimate of drug-likeness (QED) is 0.781. The van der Waals surface area contributed by atoms with E-state index in [-0.39, 0.29) is 5.69 Å². The molecule has 1 N–H and O–H groups in total. The fraction of sp³-hybridized carbons (Fsp3) is 0.111. The number of rotatable bonds is 5. The molecule has 1 heterocycles. The highest BCUT2D eigenvalue weighted by atomic mass is 16.5. The fourth-order valence-corrected chi connectivity index (χ4v) is 2.34. The van der Waals surface area contributed by atoms with Crippen LogP contribution in [0, 0.1) is 0 Å². The molecule has 3 rings (SSSR count). The van der Waals surface area contributed by atoms with E-state index in [1.54, 1.807) is 4.57 Å². The van der Waals surface area contributed by atoms with Gasteiger partial charge in [0, 0.05) is 17.4 Å². The van der Waals surface area contributed by atoms with E-state index in [9.17, 15) is 9.90 Å². The number of carbonyl (C=O) groups is 1. The SMILES string of the molecule is CCOc1ccc(-n2cc(C(=O)O)nc2-c2ccccc2)cc1. The van der Waals surface area contributed by atoms with E-state index < -0.39 is 5.97 Å². The van der Waals surface area contributed by atoms with Gasteiger partial charge in [0.05, 0.1) is 6.61 Å². The van der Waals surface area contributed by atoms with Gasteiger partial charge in [0.25, 0.3) is 0 Å². The molecule has 3 aromatic rings. The Hall–Kier alpha value is -3.08. The maximum absolute atomic E-state index is 11.3. The molecule has 2 aromatic carbocycles. The number of hydrogen-bond acceptors (Lipinski definition) is 3. The average molecular weight is 308 g/mol. The third-order valence-electron chi connectivity index (χ3n) is 3.38. The van der Waals surface area contributed by atoms with Crippen LogP contribution in [0.2, 0.25) is 0 Å². The van der Waals surface area contributed by atoms with Crippen LogP contribution >= 0.6 is 0 Å². The van der Waals surface area contributed by atoms with Crippen LogP contribution in [-0.2, 0) is 0 Å². The standard InChI is InChI=1S/C18H16N2O3/c1-2-23-15-10-8-14(9-11-15)20-12-16(18(21)22)19-17(20)13-6-4-3-5-7-13/h3-12H,2H2,1H3,(H,21,22). The molecule has 5 heteroatoms. The maximum Gasteiger partial charge on any atom is 0.356 e. The Morgan fingerprint density at radius 1 is 1.13 bits per heavy atom. The van der Waals surface area contributed by atoms with E-state index in [0.717, 1.165) is 17.0 Å². The highest BCUT2D eigenvalue weighted by molar-refractivity contribution is 5.86. The van der Waals surface area contributed by atoms with Gasteiger partial charge in [-0.3, -0.25) is 4.57 Å². The number of aromatic nitrogens is 2. The molecule has 116 valence electrons. The molecule has 0 bridgehead atoms. The maximum atomic E-state index is 11.3. The minimum Gasteiger partial charge on any atom is -0.494 e. The Balaban J connectivity index is 2.08. The summed E-state index contributed by atoms with van der Waals surface area (Å²) >= 11 is 0. The molecule has 1 aromatic heterocycles. The first-order valence-corrected chi connectivity index (χ1v) is 7.30. The van der Waals surface area contributed by atoms with Crippen LogP contribution in [0.5, 0.6) is 5.75 Å². The van der Waals surface area contributed by atoms with Crippen LogP contribution in [0.1, 0.15) is 17.4 Å². The number of aromatic carboxylic acids is 1. The monoisotopic (exact) mass is 308 g/mol. The highest BCUT2D eigenvalue weighted by Gasteiger charge is 2.15. The summed E-state index contributed by atoms with van der Waals surface area (Å²) in [5.74, 6) is 0.315. The number of hydrogen-bond donors (Lipinski definition) is 1. The Bertz CT molecular complexity index is 808. The van der Waals surface area contributed by atoms with Crippen LogP contribution in [0.25, 0.3) is 17.1 Å². The number of carboxylic acid groups (broad SMARTS) is 1. The van der Waals surface area contributed by atoms with Crippen molar-refractivity contribution in [2.75, 3.05) is 6.61 Å². The molecular weight excluding hydrogens is 292 g/mol. The number of carboxylic acids is 1. The fourth-order valence-electron chi connectivity index (χ4n) is 2.34. The zero-order chi connectivity index (χ0) is 16.2. The van der Waals surface area contributed by atoms with Gasteiger partial charge in [-0.15, -0.1) is 0 Å². The molecule has 0 unspecified atom stereocenters. The lowest BCUT2D eigenvalue weighted by Crippen LogP contribution is -1.97. The van der Waals surface area contributed by atoms with E-state index in [0.29, 0.717) is 12.4 Å². The Morgan fingerprint density at radius 3 is 2.43 bits per heavy atom. The second-order valence-corrected chi connectivity index (χ2v) is 4.92. The molecule has 23 heavy (non-hydrogen) atoms. The topological polar surface area (TPSA) is 64.3 Å². The second-order valence-electron chi connectivity index (χ2n) is 4.92. The van der Waals surface area contributed by atoms with Crippen molar-refractivity contribution in [3.05, 3.63) is 66.5 Å². The normalized spacial score (nSPS) is 10.5. The summed E-state index contributed by atoms with van der Waals surface area (Å²) in [6, 6.07) is 17.0. The third kappa shape index (κ3) is 3.08. The van der Waals surface area contributed by atoms with Gasteiger partial charge >= 0.3 is 5.97 Å². The Morgan fingerprint density at radius 2 is 1.83 bits per heavy atom. The number of nitrogens with zero attached hydrogens (tertiary/aromatic N) is 2. The predicted octanol–water partition coefficient (Wildman–Crippen LogP) is 3.64. The zero-order valence-electron chi connectivity index (χ0n) is 12.6. The van der Waals surface area contributed by atoms with Crippen molar-refractivity contribution >= 4 is 5.97 Å². The molecule has 0 atom stereocenters. The summed E-state index contributed by atoms with van der Waals surface area (Å²) in [5, 5.41) is 9.23. The summed E-state index contributed by atoms with van der Waals surface area (Å²) in [5.41, 5.74) is 1.69. The molecule has 0 amide bonds. The molecular formula is C18H16N2O3. The van der Waals surface area contributed by atoms with Crippen molar-refractivity contribution in [3.8, 4) is 22.8 Å². The Labute approximate surface area is 133 Å². The molecule has 0 aliphatic heterocycles. The van der Waals surface area contributed by atoms with E-state index in [1.165, 1.54) is 6.20 Å². The minimum absolute atomic E-state index is 0.0118. The van der Waals surface area contributed by atoms with Gasteiger partial charge < -0.3 is 9.84 Å². The van der Waals surface area contributed by atoms with Crippen LogP contribution in [0.3, 0.4) is 0 Å². The van der Waals surface area contributed by atoms with Gasteiger partial charge in [-0.2, -0.15) is 0 Å². The Kier molecular flexibility index (Phi) is 4.10. The van der Waals surface area contributed by atoms with Gasteiger partial charge in [0.1, 0.15) is 11.6 Å². The molecule has 0 radical (unpaired) electrons. The van der Waals surface area contributed by atoms with Gasteiger partial charge in [0.15, 0.2) is 5.69 Å². The van der Waals surface area contributed by atoms with Crippen molar-refractivity contribution in [1.82, 2.24) is 9.55 Å². The zero-order valence-corrected chi connectivity index (χ0v) is 12.6. The molecule has 0 saturated carbocycles. The van der Waals surface area contributed by atoms with Crippen LogP contribution in [-0.4, -0.2) is 27.2 Å². The van der Waals surface area contributed by atoms with Gasteiger partial charge in [-0.1, -0.05) is 30.3 Å². The molecule has 0 fully saturated rings. The molecule has 0 aliphatic rings. The van der Waals surface area contributed by atoms with Crippen LogP contribution < -0.4 is 4.74 Å². The second kappa shape index (κ2) is 6.36. The smallest absolute Gasteiger partial charge is 0.356 e. The molecule has 5 nitrogen and oxygen atoms in total. The summed E-state index contributed by atoms with van der Waals surface area (Å²) < 4.78 is 7.21. The highest BCUT2D eigenvalue weighted by Crippen LogP contribution is 2.24. The van der Waals surface area contributed by atoms with Gasteiger partial charge in [-0.05, 0) is 31.2 Å². The first-order valence-electron chi connectivity index (χ1n) is 7.30. The lowest BCUT2D eigenvalue weighted by Gasteiger charge is -2.09. The minimum atomic E-state index is -1.05. The lowest BCUT2D eigenvalue weighted by atomic mass is 10.2. The van der Waals surface area contributed by atoms with Crippen molar-refractivity contribution < 1.29 is 14.6 Å². The van der Waals surface area contributed by atoms with Crippen LogP contribution in [0.15, 0.2) is 60.8 Å². The number of imidazole rings is 1. The summed E-state index contributed by atoms with van der Waals surface area (Å²) in [6.07, 6.45) is 1.53. The van der Waals surface area contributed by atoms with Crippen molar-refractivity contribution in [3.63, 3.8) is 0 Å². The molecule has 0 spiro atoms. The van der Waals surface area contributed by atoms with E-state index >= 15 is 0 Å². The van der Waals surface area contributed by atoms with Crippen molar-refractivity contribution in [2.45, 2.75) is 6.92 Å². The first-order chi connectivity index (χ1) is 11.2. The molecule has 0 saturated heterocycles. The lowest BCUT2D eigenvalue weighted by molar-refractivity contribution is 0.0691.